The fourth-order valence-electron chi connectivity index (χ4n) is 0.294. The fraction of sp³-hybridized carbons (Fsp3) is 1.00. The maximum atomic E-state index is 4.03. The smallest absolute Gasteiger partial charge is 0.0125 e. The molecule has 0 nitrogen and oxygen atoms in total. The van der Waals surface area contributed by atoms with E-state index in [1.165, 1.54) is 11.5 Å². The summed E-state index contributed by atoms with van der Waals surface area (Å²) in [5.41, 5.74) is 0. The van der Waals surface area contributed by atoms with E-state index in [4.69, 9.17) is 0 Å². The summed E-state index contributed by atoms with van der Waals surface area (Å²) in [5, 5.41) is 0. The Morgan fingerprint density at radius 1 is 0.778 bits per heavy atom. The summed E-state index contributed by atoms with van der Waals surface area (Å²) in [6.07, 6.45) is 0. The van der Waals surface area contributed by atoms with Crippen molar-refractivity contribution >= 4 is 56.7 Å². The van der Waals surface area contributed by atoms with Gasteiger partial charge in [-0.2, -0.15) is 11.8 Å². The average molecular weight is 218 g/mol. The van der Waals surface area contributed by atoms with Crippen LogP contribution in [0.25, 0.3) is 0 Å². The Bertz CT molecular complexity index is 42.2. The SMILES string of the molecule is SSCCSCCSS. The van der Waals surface area contributed by atoms with Gasteiger partial charge in [-0.15, -0.1) is 23.3 Å². The molecule has 0 fully saturated rings. The zero-order chi connectivity index (χ0) is 6.95. The summed E-state index contributed by atoms with van der Waals surface area (Å²) >= 11 is 10.0. The van der Waals surface area contributed by atoms with Gasteiger partial charge in [-0.05, 0) is 0 Å². The molecule has 0 unspecified atom stereocenters. The number of hydrogen-bond donors (Lipinski definition) is 2. The number of thiol groups is 2. The second-order valence-corrected chi connectivity index (χ2v) is 5.39. The fourth-order valence-corrected chi connectivity index (χ4v) is 3.38. The normalized spacial score (nSPS) is 10.0. The van der Waals surface area contributed by atoms with E-state index in [9.17, 15) is 0 Å². The zero-order valence-electron chi connectivity index (χ0n) is 4.95. The van der Waals surface area contributed by atoms with Crippen LogP contribution in [-0.2, 0) is 0 Å². The van der Waals surface area contributed by atoms with Gasteiger partial charge in [-0.25, -0.2) is 0 Å². The maximum Gasteiger partial charge on any atom is 0.0125 e. The molecule has 0 aromatic carbocycles. The third-order valence-corrected chi connectivity index (χ3v) is 4.01. The molecular weight excluding hydrogens is 208 g/mol. The van der Waals surface area contributed by atoms with Crippen LogP contribution in [0.2, 0.25) is 0 Å². The quantitative estimate of drug-likeness (QED) is 0.400. The van der Waals surface area contributed by atoms with Gasteiger partial charge in [0.25, 0.3) is 0 Å². The molecule has 56 valence electrons. The third kappa shape index (κ3) is 9.75. The Hall–Kier alpha value is 1.75. The standard InChI is InChI=1S/C4H10S5/c5-8-3-1-7-2-4-9-6/h5-6H,1-4H2. The van der Waals surface area contributed by atoms with Crippen LogP contribution in [0.1, 0.15) is 0 Å². The van der Waals surface area contributed by atoms with Gasteiger partial charge in [0.15, 0.2) is 0 Å². The van der Waals surface area contributed by atoms with Crippen molar-refractivity contribution in [2.75, 3.05) is 23.0 Å². The summed E-state index contributed by atoms with van der Waals surface area (Å²) < 4.78 is 0. The van der Waals surface area contributed by atoms with Crippen molar-refractivity contribution in [3.05, 3.63) is 0 Å². The number of rotatable bonds is 6. The first-order valence-electron chi connectivity index (χ1n) is 2.52. The Labute approximate surface area is 79.3 Å². The molecular formula is C4H10S5. The van der Waals surface area contributed by atoms with E-state index in [0.29, 0.717) is 0 Å². The first-order valence-corrected chi connectivity index (χ1v) is 7.75. The van der Waals surface area contributed by atoms with Crippen LogP contribution < -0.4 is 0 Å². The first kappa shape index (κ1) is 10.8. The maximum absolute atomic E-state index is 4.03. The van der Waals surface area contributed by atoms with E-state index in [2.05, 4.69) is 23.3 Å². The summed E-state index contributed by atoms with van der Waals surface area (Å²) in [5.74, 6) is 4.71. The average Bonchev–Trinajstić information content (AvgIpc) is 1.89. The highest BCUT2D eigenvalue weighted by atomic mass is 33.1. The topological polar surface area (TPSA) is 0 Å². The molecule has 0 atom stereocenters. The monoisotopic (exact) mass is 218 g/mol. The van der Waals surface area contributed by atoms with Gasteiger partial charge >= 0.3 is 0 Å². The zero-order valence-corrected chi connectivity index (χ0v) is 9.19. The second-order valence-electron chi connectivity index (χ2n) is 1.28. The van der Waals surface area contributed by atoms with E-state index in [1.807, 2.05) is 11.8 Å². The molecule has 0 radical (unpaired) electrons. The van der Waals surface area contributed by atoms with Gasteiger partial charge in [0.2, 0.25) is 0 Å². The van der Waals surface area contributed by atoms with Gasteiger partial charge in [-0.1, -0.05) is 21.6 Å². The van der Waals surface area contributed by atoms with E-state index < -0.39 is 0 Å². The van der Waals surface area contributed by atoms with Crippen LogP contribution in [0.15, 0.2) is 0 Å². The molecule has 9 heavy (non-hydrogen) atoms. The van der Waals surface area contributed by atoms with Crippen molar-refractivity contribution in [3.63, 3.8) is 0 Å². The van der Waals surface area contributed by atoms with E-state index in [-0.39, 0.29) is 0 Å². The summed E-state index contributed by atoms with van der Waals surface area (Å²) in [4.78, 5) is 0. The highest BCUT2D eigenvalue weighted by Gasteiger charge is 1.86. The van der Waals surface area contributed by atoms with Crippen LogP contribution >= 0.6 is 56.7 Å². The molecule has 5 heteroatoms. The van der Waals surface area contributed by atoms with Crippen molar-refractivity contribution < 1.29 is 0 Å². The lowest BCUT2D eigenvalue weighted by Gasteiger charge is -1.95. The Morgan fingerprint density at radius 3 is 1.56 bits per heavy atom. The van der Waals surface area contributed by atoms with Crippen molar-refractivity contribution in [1.82, 2.24) is 0 Å². The predicted molar refractivity (Wildman–Crippen MR) is 60.2 cm³/mol. The van der Waals surface area contributed by atoms with Gasteiger partial charge in [0, 0.05) is 23.0 Å². The van der Waals surface area contributed by atoms with Crippen LogP contribution in [0.4, 0.5) is 0 Å². The van der Waals surface area contributed by atoms with Crippen molar-refractivity contribution in [2.24, 2.45) is 0 Å². The van der Waals surface area contributed by atoms with Crippen LogP contribution in [0.5, 0.6) is 0 Å². The summed E-state index contributed by atoms with van der Waals surface area (Å²) in [6.45, 7) is 0. The van der Waals surface area contributed by atoms with E-state index in [1.54, 1.807) is 21.6 Å². The molecule has 0 spiro atoms. The highest BCUT2D eigenvalue weighted by molar-refractivity contribution is 8.69. The first-order chi connectivity index (χ1) is 4.41. The molecule has 0 aliphatic carbocycles. The minimum Gasteiger partial charge on any atom is -0.160 e. The van der Waals surface area contributed by atoms with Gasteiger partial charge in [0.05, 0.1) is 0 Å². The second kappa shape index (κ2) is 9.75. The molecule has 0 aliphatic rings. The largest absolute Gasteiger partial charge is 0.160 e. The van der Waals surface area contributed by atoms with Crippen molar-refractivity contribution in [2.45, 2.75) is 0 Å². The van der Waals surface area contributed by atoms with Crippen molar-refractivity contribution in [1.29, 1.82) is 0 Å². The van der Waals surface area contributed by atoms with Crippen LogP contribution in [0, 0.1) is 0 Å². The molecule has 0 rings (SSSR count). The van der Waals surface area contributed by atoms with Gasteiger partial charge in [0.1, 0.15) is 0 Å². The Kier molecular flexibility index (Phi) is 11.6. The molecule has 0 aromatic rings. The lowest BCUT2D eigenvalue weighted by molar-refractivity contribution is 1.50. The minimum absolute atomic E-state index is 1.14. The lowest BCUT2D eigenvalue weighted by Crippen LogP contribution is -1.85. The molecule has 0 saturated carbocycles. The van der Waals surface area contributed by atoms with Gasteiger partial charge in [-0.3, -0.25) is 0 Å². The van der Waals surface area contributed by atoms with Crippen LogP contribution in [-0.4, -0.2) is 23.0 Å². The third-order valence-electron chi connectivity index (χ3n) is 0.638. The predicted octanol–water partition coefficient (Wildman–Crippen LogP) is 2.88. The van der Waals surface area contributed by atoms with Crippen LogP contribution in [0.3, 0.4) is 0 Å². The molecule has 0 saturated heterocycles. The summed E-state index contributed by atoms with van der Waals surface area (Å²) in [7, 11) is 3.21. The minimum atomic E-state index is 1.14. The molecule has 0 bridgehead atoms. The summed E-state index contributed by atoms with van der Waals surface area (Å²) in [6, 6.07) is 0. The van der Waals surface area contributed by atoms with Gasteiger partial charge < -0.3 is 0 Å². The number of thioether (sulfide) groups is 1. The molecule has 0 aliphatic heterocycles. The highest BCUT2D eigenvalue weighted by Crippen LogP contribution is 2.12. The molecule has 0 N–H and O–H groups in total. The number of hydrogen-bond acceptors (Lipinski definition) is 5. The van der Waals surface area contributed by atoms with E-state index >= 15 is 0 Å². The Morgan fingerprint density at radius 2 is 1.22 bits per heavy atom. The molecule has 0 amide bonds. The molecule has 0 heterocycles. The van der Waals surface area contributed by atoms with E-state index in [0.717, 1.165) is 11.5 Å². The lowest BCUT2D eigenvalue weighted by atomic mass is 10.9. The van der Waals surface area contributed by atoms with Crippen molar-refractivity contribution in [3.8, 4) is 0 Å². The Balaban J connectivity index is 2.60. The molecule has 0 aromatic heterocycles.